The molecule has 4 rings (SSSR count). The second-order valence-electron chi connectivity index (χ2n) is 7.23. The van der Waals surface area contributed by atoms with Crippen LogP contribution in [0.15, 0.2) is 72.8 Å². The van der Waals surface area contributed by atoms with Crippen LogP contribution in [-0.4, -0.2) is 11.0 Å². The summed E-state index contributed by atoms with van der Waals surface area (Å²) in [6.45, 7) is 9.07. The van der Waals surface area contributed by atoms with Gasteiger partial charge in [-0.1, -0.05) is 48.5 Å². The lowest BCUT2D eigenvalue weighted by Crippen LogP contribution is -2.46. The molecular weight excluding hydrogens is 397 g/mol. The zero-order valence-corrected chi connectivity index (χ0v) is 17.0. The van der Waals surface area contributed by atoms with E-state index < -0.39 is 5.54 Å². The summed E-state index contributed by atoms with van der Waals surface area (Å²) >= 11 is 5.56. The summed E-state index contributed by atoms with van der Waals surface area (Å²) in [6.07, 6.45) is 0.311. The Kier molecular flexibility index (Phi) is 5.06. The van der Waals surface area contributed by atoms with E-state index in [9.17, 15) is 9.18 Å². The van der Waals surface area contributed by atoms with E-state index in [1.807, 2.05) is 37.3 Å². The lowest BCUT2D eigenvalue weighted by atomic mass is 9.83. The number of hydrogen-bond acceptors (Lipinski definition) is 2. The predicted molar refractivity (Wildman–Crippen MR) is 119 cm³/mol. The van der Waals surface area contributed by atoms with Gasteiger partial charge in [-0.05, 0) is 60.1 Å². The average molecular weight is 415 g/mol. The van der Waals surface area contributed by atoms with Gasteiger partial charge in [-0.15, -0.1) is 0 Å². The molecule has 1 aliphatic heterocycles. The van der Waals surface area contributed by atoms with Gasteiger partial charge in [0, 0.05) is 12.1 Å². The molecular formula is C24H18FN3OS. The highest BCUT2D eigenvalue weighted by atomic mass is 32.1. The number of anilines is 1. The molecule has 1 heterocycles. The Morgan fingerprint density at radius 3 is 2.43 bits per heavy atom. The quantitative estimate of drug-likeness (QED) is 0.479. The number of rotatable bonds is 4. The van der Waals surface area contributed by atoms with Gasteiger partial charge in [-0.3, -0.25) is 9.69 Å². The van der Waals surface area contributed by atoms with Gasteiger partial charge in [-0.25, -0.2) is 9.24 Å². The van der Waals surface area contributed by atoms with Crippen LogP contribution in [0.3, 0.4) is 0 Å². The van der Waals surface area contributed by atoms with E-state index in [1.165, 1.54) is 17.0 Å². The van der Waals surface area contributed by atoms with Crippen LogP contribution in [0.2, 0.25) is 0 Å². The summed E-state index contributed by atoms with van der Waals surface area (Å²) in [6, 6.07) is 20.7. The first-order chi connectivity index (χ1) is 14.4. The number of amides is 1. The lowest BCUT2D eigenvalue weighted by molar-refractivity contribution is -0.122. The van der Waals surface area contributed by atoms with Crippen LogP contribution in [0, 0.1) is 19.3 Å². The molecule has 0 radical (unpaired) electrons. The Bertz CT molecular complexity index is 1170. The van der Waals surface area contributed by atoms with Gasteiger partial charge >= 0.3 is 0 Å². The minimum atomic E-state index is -1.11. The molecule has 1 N–H and O–H groups in total. The number of halogens is 1. The third-order valence-electron chi connectivity index (χ3n) is 5.30. The molecule has 4 nitrogen and oxygen atoms in total. The van der Waals surface area contributed by atoms with Gasteiger partial charge in [0.15, 0.2) is 10.8 Å². The second-order valence-corrected chi connectivity index (χ2v) is 7.61. The largest absolute Gasteiger partial charge is 0.344 e. The summed E-state index contributed by atoms with van der Waals surface area (Å²) in [5, 5.41) is 3.54. The number of benzene rings is 3. The fourth-order valence-electron chi connectivity index (χ4n) is 3.76. The topological polar surface area (TPSA) is 36.7 Å². The summed E-state index contributed by atoms with van der Waals surface area (Å²) in [5.74, 6) is -0.538. The fraction of sp³-hybridized carbons (Fsp3) is 0.125. The molecule has 0 spiro atoms. The van der Waals surface area contributed by atoms with E-state index in [-0.39, 0.29) is 11.7 Å². The van der Waals surface area contributed by atoms with Gasteiger partial charge in [0.1, 0.15) is 11.4 Å². The molecule has 3 aromatic rings. The highest BCUT2D eigenvalue weighted by molar-refractivity contribution is 7.80. The maximum Gasteiger partial charge on any atom is 0.264 e. The molecule has 6 heteroatoms. The van der Waals surface area contributed by atoms with Crippen molar-refractivity contribution in [3.05, 3.63) is 107 Å². The van der Waals surface area contributed by atoms with Crippen molar-refractivity contribution in [2.45, 2.75) is 18.9 Å². The third-order valence-corrected chi connectivity index (χ3v) is 5.58. The normalized spacial score (nSPS) is 18.2. The minimum absolute atomic E-state index is 0.210. The molecule has 0 bridgehead atoms. The van der Waals surface area contributed by atoms with Crippen LogP contribution in [0.5, 0.6) is 0 Å². The van der Waals surface area contributed by atoms with Gasteiger partial charge in [0.05, 0.1) is 6.57 Å². The number of carbonyl (C=O) groups is 1. The number of hydrogen-bond donors (Lipinski definition) is 1. The molecule has 1 aliphatic rings. The van der Waals surface area contributed by atoms with Crippen molar-refractivity contribution in [1.82, 2.24) is 5.32 Å². The number of thiocarbonyl (C=S) groups is 1. The van der Waals surface area contributed by atoms with Crippen molar-refractivity contribution in [2.75, 3.05) is 4.90 Å². The number of aryl methyl sites for hydroxylation is 1. The van der Waals surface area contributed by atoms with E-state index >= 15 is 0 Å². The monoisotopic (exact) mass is 415 g/mol. The van der Waals surface area contributed by atoms with Crippen molar-refractivity contribution in [3.8, 4) is 0 Å². The van der Waals surface area contributed by atoms with Crippen LogP contribution in [0.4, 0.5) is 15.8 Å². The van der Waals surface area contributed by atoms with Crippen LogP contribution in [0.25, 0.3) is 4.85 Å². The van der Waals surface area contributed by atoms with Gasteiger partial charge in [0.2, 0.25) is 0 Å². The van der Waals surface area contributed by atoms with E-state index in [4.69, 9.17) is 18.8 Å². The summed E-state index contributed by atoms with van der Waals surface area (Å²) in [7, 11) is 0. The van der Waals surface area contributed by atoms with Crippen LogP contribution in [-0.2, 0) is 16.8 Å². The van der Waals surface area contributed by atoms with Gasteiger partial charge in [-0.2, -0.15) is 0 Å². The molecule has 0 saturated carbocycles. The van der Waals surface area contributed by atoms with E-state index in [1.54, 1.807) is 30.3 Å². The molecule has 0 unspecified atom stereocenters. The number of nitrogens with zero attached hydrogens (tertiary/aromatic N) is 2. The maximum atomic E-state index is 13.8. The molecule has 1 amide bonds. The van der Waals surface area contributed by atoms with E-state index in [0.29, 0.717) is 22.9 Å². The van der Waals surface area contributed by atoms with Crippen molar-refractivity contribution >= 4 is 34.6 Å². The summed E-state index contributed by atoms with van der Waals surface area (Å²) < 4.78 is 13.4. The zero-order chi connectivity index (χ0) is 21.3. The number of nitrogens with one attached hydrogen (secondary N) is 1. The van der Waals surface area contributed by atoms with Crippen LogP contribution < -0.4 is 10.2 Å². The molecule has 3 aromatic carbocycles. The average Bonchev–Trinajstić information content (AvgIpc) is 3.00. The Labute approximate surface area is 179 Å². The molecule has 0 aliphatic carbocycles. The first-order valence-electron chi connectivity index (χ1n) is 9.39. The Hall–Kier alpha value is -3.56. The second kappa shape index (κ2) is 7.69. The lowest BCUT2D eigenvalue weighted by Gasteiger charge is -2.28. The highest BCUT2D eigenvalue weighted by Gasteiger charge is 2.51. The summed E-state index contributed by atoms with van der Waals surface area (Å²) in [5.41, 5.74) is 2.39. The van der Waals surface area contributed by atoms with Crippen LogP contribution >= 0.6 is 12.2 Å². The third kappa shape index (κ3) is 3.34. The molecule has 1 saturated heterocycles. The van der Waals surface area contributed by atoms with Gasteiger partial charge in [0.25, 0.3) is 5.91 Å². The zero-order valence-electron chi connectivity index (χ0n) is 16.2. The molecule has 30 heavy (non-hydrogen) atoms. The first kappa shape index (κ1) is 19.7. The number of carbonyl (C=O) groups excluding carboxylic acids is 1. The SMILES string of the molecule is [C-]#[N+]c1ccc(N2C(=O)[C@](Cc3ccc(F)cc3)(c3ccccc3)NC2=S)cc1C. The van der Waals surface area contributed by atoms with Crippen molar-refractivity contribution in [3.63, 3.8) is 0 Å². The molecule has 1 atom stereocenters. The maximum absolute atomic E-state index is 13.8. The molecule has 148 valence electrons. The molecule has 1 fully saturated rings. The first-order valence-corrected chi connectivity index (χ1v) is 9.80. The Morgan fingerprint density at radius 1 is 1.10 bits per heavy atom. The minimum Gasteiger partial charge on any atom is -0.344 e. The van der Waals surface area contributed by atoms with Crippen molar-refractivity contribution < 1.29 is 9.18 Å². The van der Waals surface area contributed by atoms with Crippen molar-refractivity contribution in [2.24, 2.45) is 0 Å². The smallest absolute Gasteiger partial charge is 0.264 e. The highest BCUT2D eigenvalue weighted by Crippen LogP contribution is 2.36. The molecule has 0 aromatic heterocycles. The van der Waals surface area contributed by atoms with E-state index in [0.717, 1.165) is 16.7 Å². The fourth-order valence-corrected chi connectivity index (χ4v) is 4.12. The van der Waals surface area contributed by atoms with Crippen LogP contribution in [0.1, 0.15) is 16.7 Å². The standard InChI is InChI=1S/C24H18FN3OS/c1-16-14-20(12-13-21(16)26-2)28-22(29)24(27-23(28)30,18-6-4-3-5-7-18)15-17-8-10-19(25)11-9-17/h3-14H,15H2,1H3,(H,27,30)/t24-/m0/s1. The Balaban J connectivity index is 1.80. The summed E-state index contributed by atoms with van der Waals surface area (Å²) in [4.78, 5) is 18.8. The predicted octanol–water partition coefficient (Wildman–Crippen LogP) is 5.04. The van der Waals surface area contributed by atoms with Gasteiger partial charge < -0.3 is 5.32 Å². The van der Waals surface area contributed by atoms with E-state index in [2.05, 4.69) is 10.2 Å². The Morgan fingerprint density at radius 2 is 1.80 bits per heavy atom. The van der Waals surface area contributed by atoms with Crippen molar-refractivity contribution in [1.29, 1.82) is 0 Å².